The van der Waals surface area contributed by atoms with Gasteiger partial charge in [-0.2, -0.15) is 15.1 Å². The number of anilines is 3. The van der Waals surface area contributed by atoms with Gasteiger partial charge in [-0.25, -0.2) is 13.5 Å². The molecule has 2 fully saturated rings. The second-order valence-corrected chi connectivity index (χ2v) is 9.53. The lowest BCUT2D eigenvalue weighted by Crippen LogP contribution is -2.46. The quantitative estimate of drug-likeness (QED) is 0.501. The molecule has 0 unspecified atom stereocenters. The van der Waals surface area contributed by atoms with Crippen LogP contribution in [0.2, 0.25) is 0 Å². The summed E-state index contributed by atoms with van der Waals surface area (Å²) in [6, 6.07) is 5.55. The van der Waals surface area contributed by atoms with Crippen LogP contribution >= 0.6 is 0 Å². The topological polar surface area (TPSA) is 99.6 Å². The van der Waals surface area contributed by atoms with Gasteiger partial charge in [0.15, 0.2) is 5.82 Å². The molecule has 0 amide bonds. The maximum atomic E-state index is 13.6. The first-order valence-electron chi connectivity index (χ1n) is 12.6. The van der Waals surface area contributed by atoms with Gasteiger partial charge in [0, 0.05) is 62.7 Å². The number of hydrogen-bond acceptors (Lipinski definition) is 8. The Morgan fingerprint density at radius 1 is 1.03 bits per heavy atom. The fraction of sp³-hybridized carbons (Fsp3) is 0.423. The molecule has 0 bridgehead atoms. The Morgan fingerprint density at radius 2 is 1.76 bits per heavy atom. The van der Waals surface area contributed by atoms with Gasteiger partial charge in [0.2, 0.25) is 5.95 Å². The molecule has 2 saturated heterocycles. The molecule has 3 aromatic rings. The zero-order chi connectivity index (χ0) is 25.9. The Kier molecular flexibility index (Phi) is 7.33. The monoisotopic (exact) mass is 510 g/mol. The summed E-state index contributed by atoms with van der Waals surface area (Å²) in [5, 5.41) is 14.2. The summed E-state index contributed by atoms with van der Waals surface area (Å²) in [6.45, 7) is 6.66. The number of piperazine rings is 1. The van der Waals surface area contributed by atoms with Crippen molar-refractivity contribution in [1.29, 1.82) is 0 Å². The van der Waals surface area contributed by atoms with Crippen molar-refractivity contribution in [3.63, 3.8) is 0 Å². The van der Waals surface area contributed by atoms with Crippen LogP contribution in [0.1, 0.15) is 24.1 Å². The number of rotatable bonds is 7. The fourth-order valence-corrected chi connectivity index (χ4v) is 5.08. The predicted octanol–water partition coefficient (Wildman–Crippen LogP) is 2.63. The molecule has 0 spiro atoms. The van der Waals surface area contributed by atoms with E-state index >= 15 is 0 Å². The maximum absolute atomic E-state index is 13.6. The van der Waals surface area contributed by atoms with E-state index in [9.17, 15) is 13.9 Å². The van der Waals surface area contributed by atoms with E-state index in [1.807, 2.05) is 24.0 Å². The first-order valence-corrected chi connectivity index (χ1v) is 12.6. The molecule has 2 aliphatic rings. The highest BCUT2D eigenvalue weighted by Gasteiger charge is 2.26. The highest BCUT2D eigenvalue weighted by molar-refractivity contribution is 5.54. The molecule has 196 valence electrons. The van der Waals surface area contributed by atoms with Gasteiger partial charge in [-0.3, -0.25) is 4.90 Å². The first-order chi connectivity index (χ1) is 17.9. The average Bonchev–Trinajstić information content (AvgIpc) is 3.50. The third-order valence-corrected chi connectivity index (χ3v) is 7.11. The summed E-state index contributed by atoms with van der Waals surface area (Å²) in [7, 11) is 0. The van der Waals surface area contributed by atoms with Crippen LogP contribution in [0.5, 0.6) is 0 Å². The van der Waals surface area contributed by atoms with Crippen molar-refractivity contribution in [2.24, 2.45) is 0 Å². The lowest BCUT2D eigenvalue weighted by Gasteiger charge is -2.35. The van der Waals surface area contributed by atoms with Crippen molar-refractivity contribution >= 4 is 23.5 Å². The van der Waals surface area contributed by atoms with Gasteiger partial charge in [0.1, 0.15) is 17.5 Å². The Morgan fingerprint density at radius 3 is 2.49 bits per heavy atom. The molecular formula is C26H32F2N8O. The Bertz CT molecular complexity index is 1250. The highest BCUT2D eigenvalue weighted by Crippen LogP contribution is 2.26. The van der Waals surface area contributed by atoms with Gasteiger partial charge < -0.3 is 20.6 Å². The second kappa shape index (κ2) is 10.8. The van der Waals surface area contributed by atoms with Crippen LogP contribution in [0, 0.1) is 18.6 Å². The highest BCUT2D eigenvalue weighted by atomic mass is 19.1. The predicted molar refractivity (Wildman–Crippen MR) is 140 cm³/mol. The largest absolute Gasteiger partial charge is 0.394 e. The van der Waals surface area contributed by atoms with E-state index in [4.69, 9.17) is 5.73 Å². The molecule has 1 atom stereocenters. The standard InChI is InChI=1S/C26H32F2N8O/c1-18-19(4-2-6-33-8-10-34(11-9-33)23-13-20(27)12-21(28)14-23)16-30-36(18)25-15-24(31-26(29)32-25)35-7-3-5-22(35)17-37/h2,4,12-16,22,37H,3,5-11,17H2,1H3,(H2,29,31,32)/t22-/m1/s1. The van der Waals surface area contributed by atoms with Crippen LogP contribution in [-0.2, 0) is 0 Å². The van der Waals surface area contributed by atoms with Crippen molar-refractivity contribution < 1.29 is 13.9 Å². The minimum Gasteiger partial charge on any atom is -0.394 e. The zero-order valence-electron chi connectivity index (χ0n) is 20.9. The third kappa shape index (κ3) is 5.57. The van der Waals surface area contributed by atoms with Crippen molar-refractivity contribution in [3.8, 4) is 5.82 Å². The molecular weight excluding hydrogens is 478 g/mol. The number of nitrogen functional groups attached to an aromatic ring is 1. The van der Waals surface area contributed by atoms with Gasteiger partial charge >= 0.3 is 0 Å². The molecule has 0 saturated carbocycles. The van der Waals surface area contributed by atoms with E-state index in [2.05, 4.69) is 30.9 Å². The van der Waals surface area contributed by atoms with Crippen molar-refractivity contribution in [2.75, 3.05) is 61.4 Å². The molecule has 3 N–H and O–H groups in total. The summed E-state index contributed by atoms with van der Waals surface area (Å²) in [6.07, 6.45) is 7.86. The van der Waals surface area contributed by atoms with Crippen LogP contribution in [0.25, 0.3) is 11.9 Å². The maximum Gasteiger partial charge on any atom is 0.224 e. The van der Waals surface area contributed by atoms with E-state index < -0.39 is 11.6 Å². The van der Waals surface area contributed by atoms with Crippen molar-refractivity contribution in [1.82, 2.24) is 24.6 Å². The molecule has 0 radical (unpaired) electrons. The molecule has 9 nitrogen and oxygen atoms in total. The Balaban J connectivity index is 1.22. The Hall–Kier alpha value is -3.57. The van der Waals surface area contributed by atoms with Crippen LogP contribution in [0.15, 0.2) is 36.5 Å². The number of aromatic nitrogens is 4. The SMILES string of the molecule is Cc1c(C=CCN2CCN(c3cc(F)cc(F)c3)CC2)cnn1-c1cc(N2CCC[C@@H]2CO)nc(N)n1. The van der Waals surface area contributed by atoms with E-state index in [1.54, 1.807) is 10.9 Å². The number of halogens is 2. The number of nitrogens with zero attached hydrogens (tertiary/aromatic N) is 7. The number of hydrogen-bond donors (Lipinski definition) is 2. The summed E-state index contributed by atoms with van der Waals surface area (Å²) >= 11 is 0. The number of aliphatic hydroxyl groups excluding tert-OH is 1. The number of aliphatic hydroxyl groups is 1. The zero-order valence-corrected chi connectivity index (χ0v) is 20.9. The summed E-state index contributed by atoms with van der Waals surface area (Å²) in [4.78, 5) is 15.2. The molecule has 4 heterocycles. The smallest absolute Gasteiger partial charge is 0.224 e. The van der Waals surface area contributed by atoms with Crippen LogP contribution in [0.3, 0.4) is 0 Å². The van der Waals surface area contributed by atoms with E-state index in [0.717, 1.165) is 56.3 Å². The minimum atomic E-state index is -0.553. The second-order valence-electron chi connectivity index (χ2n) is 9.53. The minimum absolute atomic E-state index is 0.0382. The van der Waals surface area contributed by atoms with Gasteiger partial charge in [-0.05, 0) is 31.9 Å². The van der Waals surface area contributed by atoms with Crippen LogP contribution in [0.4, 0.5) is 26.2 Å². The molecule has 5 rings (SSSR count). The van der Waals surface area contributed by atoms with Crippen molar-refractivity contribution in [3.05, 3.63) is 59.4 Å². The lowest BCUT2D eigenvalue weighted by atomic mass is 10.2. The first kappa shape index (κ1) is 25.1. The molecule has 2 aromatic heterocycles. The van der Waals surface area contributed by atoms with Gasteiger partial charge in [-0.1, -0.05) is 12.2 Å². The molecule has 2 aliphatic heterocycles. The third-order valence-electron chi connectivity index (χ3n) is 7.11. The van der Waals surface area contributed by atoms with Gasteiger partial charge in [0.25, 0.3) is 0 Å². The van der Waals surface area contributed by atoms with Gasteiger partial charge in [-0.15, -0.1) is 0 Å². The average molecular weight is 511 g/mol. The molecule has 1 aromatic carbocycles. The fourth-order valence-electron chi connectivity index (χ4n) is 5.08. The van der Waals surface area contributed by atoms with Crippen LogP contribution < -0.4 is 15.5 Å². The number of nitrogens with two attached hydrogens (primary N) is 1. The molecule has 11 heteroatoms. The van der Waals surface area contributed by atoms with E-state index in [-0.39, 0.29) is 18.6 Å². The summed E-state index contributed by atoms with van der Waals surface area (Å²) in [5.74, 6) is 0.354. The van der Waals surface area contributed by atoms with Gasteiger partial charge in [0.05, 0.1) is 24.5 Å². The van der Waals surface area contributed by atoms with E-state index in [1.165, 1.54) is 12.1 Å². The summed E-state index contributed by atoms with van der Waals surface area (Å²) in [5.41, 5.74) is 8.51. The molecule has 0 aliphatic carbocycles. The Labute approximate surface area is 214 Å². The number of benzene rings is 1. The van der Waals surface area contributed by atoms with E-state index in [0.29, 0.717) is 30.4 Å². The normalized spacial score (nSPS) is 18.9. The molecule has 37 heavy (non-hydrogen) atoms. The lowest BCUT2D eigenvalue weighted by molar-refractivity contribution is 0.266. The van der Waals surface area contributed by atoms with Crippen molar-refractivity contribution in [2.45, 2.75) is 25.8 Å². The van der Waals surface area contributed by atoms with Crippen LogP contribution in [-0.4, -0.2) is 81.7 Å². The summed E-state index contributed by atoms with van der Waals surface area (Å²) < 4.78 is 28.9.